The van der Waals surface area contributed by atoms with Crippen LogP contribution in [0.15, 0.2) is 18.2 Å². The first-order valence-corrected chi connectivity index (χ1v) is 15.3. The Labute approximate surface area is 240 Å². The summed E-state index contributed by atoms with van der Waals surface area (Å²) in [4.78, 5) is 13.1. The van der Waals surface area contributed by atoms with Crippen LogP contribution in [0.4, 0.5) is 22.0 Å². The highest BCUT2D eigenvalue weighted by Gasteiger charge is 2.47. The summed E-state index contributed by atoms with van der Waals surface area (Å²) in [6, 6.07) is 3.77. The van der Waals surface area contributed by atoms with Crippen LogP contribution in [0.5, 0.6) is 5.75 Å². The number of nitrogens with two attached hydrogens (primary N) is 1. The maximum absolute atomic E-state index is 13.4. The number of ether oxygens (including phenoxy) is 1. The van der Waals surface area contributed by atoms with Crippen LogP contribution in [0.2, 0.25) is 5.02 Å². The Balaban J connectivity index is 1.89. The number of alkyl halides is 5. The van der Waals surface area contributed by atoms with Gasteiger partial charge in [0, 0.05) is 30.4 Å². The normalized spacial score (nSPS) is 20.3. The molecule has 1 aromatic heterocycles. The van der Waals surface area contributed by atoms with Crippen molar-refractivity contribution >= 4 is 27.3 Å². The number of benzene rings is 1. The fourth-order valence-electron chi connectivity index (χ4n) is 4.86. The molecule has 8 nitrogen and oxygen atoms in total. The lowest BCUT2D eigenvalue weighted by Gasteiger charge is -2.36. The lowest BCUT2D eigenvalue weighted by molar-refractivity contribution is -0.211. The van der Waals surface area contributed by atoms with Gasteiger partial charge in [-0.3, -0.25) is 9.48 Å². The average Bonchev–Trinajstić information content (AvgIpc) is 3.17. The van der Waals surface area contributed by atoms with Gasteiger partial charge in [0.25, 0.3) is 5.91 Å². The first-order valence-electron chi connectivity index (χ1n) is 12.9. The summed E-state index contributed by atoms with van der Waals surface area (Å²) >= 11 is 6.54. The van der Waals surface area contributed by atoms with Gasteiger partial charge in [-0.1, -0.05) is 31.5 Å². The van der Waals surface area contributed by atoms with Crippen LogP contribution < -0.4 is 15.8 Å². The number of sulfone groups is 1. The molecule has 0 radical (unpaired) electrons. The number of halogens is 6. The predicted molar refractivity (Wildman–Crippen MR) is 145 cm³/mol. The molecule has 1 heterocycles. The number of amides is 1. The predicted octanol–water partition coefficient (Wildman–Crippen LogP) is 5.37. The minimum absolute atomic E-state index is 0.0201. The highest BCUT2D eigenvalue weighted by atomic mass is 35.5. The first kappa shape index (κ1) is 33.1. The molecule has 0 atom stereocenters. The lowest BCUT2D eigenvalue weighted by atomic mass is 9.82. The summed E-state index contributed by atoms with van der Waals surface area (Å²) in [5.41, 5.74) is 3.44. The molecule has 0 aliphatic heterocycles. The Morgan fingerprint density at radius 3 is 2.39 bits per heavy atom. The summed E-state index contributed by atoms with van der Waals surface area (Å²) < 4.78 is 96.6. The van der Waals surface area contributed by atoms with Gasteiger partial charge in [0.15, 0.2) is 5.69 Å². The van der Waals surface area contributed by atoms with Gasteiger partial charge in [-0.25, -0.2) is 8.42 Å². The van der Waals surface area contributed by atoms with Crippen molar-refractivity contribution in [2.75, 3.05) is 12.8 Å². The molecule has 1 aliphatic rings. The second kappa shape index (κ2) is 12.0. The molecule has 3 rings (SSSR count). The molecule has 1 aliphatic carbocycles. The number of carbonyl (C=O) groups is 1. The van der Waals surface area contributed by atoms with Crippen LogP contribution in [-0.2, 0) is 22.8 Å². The number of nitrogens with zero attached hydrogens (tertiary/aromatic N) is 2. The van der Waals surface area contributed by atoms with Crippen LogP contribution in [0, 0.1) is 5.41 Å². The number of nitrogens with one attached hydrogen (secondary N) is 1. The summed E-state index contributed by atoms with van der Waals surface area (Å²) in [5.74, 6) is -1.10. The maximum Gasteiger partial charge on any atom is 0.394 e. The lowest BCUT2D eigenvalue weighted by Crippen LogP contribution is -2.53. The minimum Gasteiger partial charge on any atom is -0.434 e. The van der Waals surface area contributed by atoms with Gasteiger partial charge in [-0.15, -0.1) is 0 Å². The van der Waals surface area contributed by atoms with Crippen molar-refractivity contribution in [2.45, 2.75) is 83.0 Å². The van der Waals surface area contributed by atoms with E-state index in [4.69, 9.17) is 17.3 Å². The van der Waals surface area contributed by atoms with E-state index >= 15 is 0 Å². The van der Waals surface area contributed by atoms with Gasteiger partial charge in [0.05, 0.1) is 21.4 Å². The van der Waals surface area contributed by atoms with E-state index in [0.29, 0.717) is 25.7 Å². The van der Waals surface area contributed by atoms with E-state index in [1.54, 1.807) is 6.92 Å². The molecule has 1 amide bonds. The van der Waals surface area contributed by atoms with Crippen molar-refractivity contribution < 1.29 is 39.9 Å². The molecule has 1 aromatic carbocycles. The molecule has 230 valence electrons. The maximum atomic E-state index is 13.4. The van der Waals surface area contributed by atoms with Crippen molar-refractivity contribution in [3.8, 4) is 17.0 Å². The standard InChI is InChI=1S/C26H34ClF5N4O4S/c1-5-36-21(17-7-6-15(12-18(17)40-23(28)29)13-24(2,3)26(30,31)32)19(27)20(35-36)22(37)34-14-25(33)10-8-16(9-11-25)41(4,38)39/h6-7,12,16,23H,5,8-11,13-14,33H2,1-4H3,(H,34,37)/t16-,25+. The largest absolute Gasteiger partial charge is 0.434 e. The Morgan fingerprint density at radius 2 is 1.88 bits per heavy atom. The smallest absolute Gasteiger partial charge is 0.394 e. The van der Waals surface area contributed by atoms with Crippen molar-refractivity contribution in [3.05, 3.63) is 34.5 Å². The minimum atomic E-state index is -4.53. The van der Waals surface area contributed by atoms with Crippen LogP contribution in [0.25, 0.3) is 11.3 Å². The van der Waals surface area contributed by atoms with Gasteiger partial charge in [0.2, 0.25) is 0 Å². The zero-order valence-electron chi connectivity index (χ0n) is 23.1. The topological polar surface area (TPSA) is 116 Å². The second-order valence-electron chi connectivity index (χ2n) is 11.2. The van der Waals surface area contributed by atoms with Crippen molar-refractivity contribution in [1.29, 1.82) is 0 Å². The molecule has 1 saturated carbocycles. The number of hydrogen-bond donors (Lipinski definition) is 2. The zero-order valence-corrected chi connectivity index (χ0v) is 24.7. The summed E-state index contributed by atoms with van der Waals surface area (Å²) in [5, 5.41) is 6.26. The quantitative estimate of drug-likeness (QED) is 0.342. The fourth-order valence-corrected chi connectivity index (χ4v) is 6.27. The SMILES string of the molecule is CCn1nc(C(=O)NC[C@]2(N)CC[C@@H](S(C)(=O)=O)CC2)c(Cl)c1-c1ccc(CC(C)(C)C(F)(F)F)cc1OC(F)F. The highest BCUT2D eigenvalue weighted by Crippen LogP contribution is 2.43. The first-order chi connectivity index (χ1) is 18.8. The second-order valence-corrected chi connectivity index (χ2v) is 13.9. The molecule has 41 heavy (non-hydrogen) atoms. The summed E-state index contributed by atoms with van der Waals surface area (Å²) in [6.07, 6.45) is -2.36. The van der Waals surface area contributed by atoms with E-state index in [-0.39, 0.29) is 40.6 Å². The third-order valence-corrected chi connectivity index (χ3v) is 9.52. The van der Waals surface area contributed by atoms with E-state index in [1.807, 2.05) is 0 Å². The third-order valence-electron chi connectivity index (χ3n) is 7.47. The molecule has 0 saturated heterocycles. The third kappa shape index (κ3) is 7.69. The van der Waals surface area contributed by atoms with Gasteiger partial charge < -0.3 is 15.8 Å². The van der Waals surface area contributed by atoms with Crippen molar-refractivity contribution in [2.24, 2.45) is 11.1 Å². The number of rotatable bonds is 10. The van der Waals surface area contributed by atoms with E-state index in [2.05, 4.69) is 15.2 Å². The number of aryl methyl sites for hydroxylation is 1. The van der Waals surface area contributed by atoms with E-state index in [1.165, 1.54) is 23.1 Å². The fraction of sp³-hybridized carbons (Fsp3) is 0.615. The molecule has 15 heteroatoms. The molecule has 1 fully saturated rings. The average molecular weight is 629 g/mol. The van der Waals surface area contributed by atoms with E-state index in [0.717, 1.165) is 19.9 Å². The van der Waals surface area contributed by atoms with Crippen LogP contribution in [0.1, 0.15) is 62.5 Å². The summed E-state index contributed by atoms with van der Waals surface area (Å²) in [7, 11) is -3.20. The number of carbonyl (C=O) groups excluding carboxylic acids is 1. The number of hydrogen-bond acceptors (Lipinski definition) is 6. The van der Waals surface area contributed by atoms with E-state index < -0.39 is 56.9 Å². The number of aromatic nitrogens is 2. The highest BCUT2D eigenvalue weighted by molar-refractivity contribution is 7.91. The molecule has 0 unspecified atom stereocenters. The van der Waals surface area contributed by atoms with Crippen molar-refractivity contribution in [3.63, 3.8) is 0 Å². The van der Waals surface area contributed by atoms with Crippen LogP contribution in [-0.4, -0.2) is 60.5 Å². The van der Waals surface area contributed by atoms with Gasteiger partial charge in [-0.2, -0.15) is 27.1 Å². The molecule has 0 bridgehead atoms. The molecule has 2 aromatic rings. The Morgan fingerprint density at radius 1 is 1.27 bits per heavy atom. The summed E-state index contributed by atoms with van der Waals surface area (Å²) in [6.45, 7) is 0.606. The Hall–Kier alpha value is -2.45. The van der Waals surface area contributed by atoms with Crippen LogP contribution >= 0.6 is 11.6 Å². The molecular weight excluding hydrogens is 595 g/mol. The Kier molecular flexibility index (Phi) is 9.71. The molecule has 0 spiro atoms. The monoisotopic (exact) mass is 628 g/mol. The van der Waals surface area contributed by atoms with Gasteiger partial charge in [0.1, 0.15) is 15.6 Å². The van der Waals surface area contributed by atoms with Gasteiger partial charge in [-0.05, 0) is 56.7 Å². The van der Waals surface area contributed by atoms with Crippen LogP contribution in [0.3, 0.4) is 0 Å². The Bertz CT molecular complexity index is 1370. The molecule has 3 N–H and O–H groups in total. The molecular formula is C26H34ClF5N4O4S. The zero-order chi connectivity index (χ0) is 31.0. The van der Waals surface area contributed by atoms with E-state index in [9.17, 15) is 35.2 Å². The van der Waals surface area contributed by atoms with Crippen molar-refractivity contribution in [1.82, 2.24) is 15.1 Å². The van der Waals surface area contributed by atoms with Gasteiger partial charge >= 0.3 is 12.8 Å².